The second-order valence-corrected chi connectivity index (χ2v) is 7.74. The molecule has 1 aliphatic heterocycles. The van der Waals surface area contributed by atoms with Crippen LogP contribution in [0.15, 0.2) is 12.1 Å². The van der Waals surface area contributed by atoms with Crippen LogP contribution in [0.3, 0.4) is 0 Å². The second kappa shape index (κ2) is 6.58. The van der Waals surface area contributed by atoms with Gasteiger partial charge in [0.2, 0.25) is 11.8 Å². The van der Waals surface area contributed by atoms with Gasteiger partial charge in [-0.3, -0.25) is 9.59 Å². The van der Waals surface area contributed by atoms with Gasteiger partial charge in [-0.2, -0.15) is 0 Å². The Morgan fingerprint density at radius 2 is 1.79 bits per heavy atom. The molecule has 4 nitrogen and oxygen atoms in total. The molecule has 0 spiro atoms. The average Bonchev–Trinajstić information content (AvgIpc) is 3.30. The summed E-state index contributed by atoms with van der Waals surface area (Å²) in [6.07, 6.45) is 2.97. The minimum atomic E-state index is -0.158. The molecular weight excluding hydrogens is 300 g/mol. The molecule has 0 aromatic heterocycles. The Morgan fingerprint density at radius 1 is 1.12 bits per heavy atom. The van der Waals surface area contributed by atoms with Crippen LogP contribution >= 0.6 is 0 Å². The number of hydrogen-bond donors (Lipinski definition) is 1. The van der Waals surface area contributed by atoms with E-state index in [1.54, 1.807) is 0 Å². The van der Waals surface area contributed by atoms with Crippen LogP contribution in [0.5, 0.6) is 0 Å². The molecule has 130 valence electrons. The Bertz CT molecular complexity index is 645. The van der Waals surface area contributed by atoms with Gasteiger partial charge in [0, 0.05) is 18.8 Å². The number of hydrogen-bond acceptors (Lipinski definition) is 2. The van der Waals surface area contributed by atoms with E-state index in [9.17, 15) is 9.59 Å². The van der Waals surface area contributed by atoms with Crippen molar-refractivity contribution in [2.45, 2.75) is 47.0 Å². The molecule has 4 heteroatoms. The summed E-state index contributed by atoms with van der Waals surface area (Å²) in [4.78, 5) is 27.1. The van der Waals surface area contributed by atoms with Crippen molar-refractivity contribution in [2.24, 2.45) is 17.8 Å². The van der Waals surface area contributed by atoms with Gasteiger partial charge in [-0.05, 0) is 57.1 Å². The van der Waals surface area contributed by atoms with E-state index in [0.29, 0.717) is 12.3 Å². The lowest BCUT2D eigenvalue weighted by atomic mass is 10.00. The molecule has 1 aliphatic carbocycles. The summed E-state index contributed by atoms with van der Waals surface area (Å²) < 4.78 is 0. The maximum absolute atomic E-state index is 12.6. The topological polar surface area (TPSA) is 49.4 Å². The van der Waals surface area contributed by atoms with Crippen molar-refractivity contribution in [3.05, 3.63) is 28.8 Å². The molecule has 1 heterocycles. The number of nitrogens with zero attached hydrogens (tertiary/aromatic N) is 1. The molecule has 3 atom stereocenters. The quantitative estimate of drug-likeness (QED) is 0.924. The van der Waals surface area contributed by atoms with Gasteiger partial charge in [0.15, 0.2) is 0 Å². The van der Waals surface area contributed by atoms with Crippen LogP contribution in [0.4, 0.5) is 5.69 Å². The van der Waals surface area contributed by atoms with Crippen LogP contribution in [0.2, 0.25) is 0 Å². The van der Waals surface area contributed by atoms with E-state index in [0.717, 1.165) is 36.3 Å². The smallest absolute Gasteiger partial charge is 0.228 e. The van der Waals surface area contributed by atoms with E-state index >= 15 is 0 Å². The minimum Gasteiger partial charge on any atom is -0.342 e. The van der Waals surface area contributed by atoms with Gasteiger partial charge in [-0.15, -0.1) is 0 Å². The molecule has 2 aliphatic rings. The number of carbonyl (C=O) groups is 2. The van der Waals surface area contributed by atoms with Gasteiger partial charge in [-0.25, -0.2) is 0 Å². The summed E-state index contributed by atoms with van der Waals surface area (Å²) in [5.41, 5.74) is 4.25. The van der Waals surface area contributed by atoms with Crippen LogP contribution in [0, 0.1) is 38.5 Å². The largest absolute Gasteiger partial charge is 0.342 e. The van der Waals surface area contributed by atoms with Gasteiger partial charge in [0.05, 0.1) is 11.8 Å². The number of anilines is 1. The lowest BCUT2D eigenvalue weighted by molar-refractivity contribution is -0.135. The molecule has 1 saturated carbocycles. The zero-order chi connectivity index (χ0) is 17.4. The van der Waals surface area contributed by atoms with Gasteiger partial charge in [-0.1, -0.05) is 24.6 Å². The highest BCUT2D eigenvalue weighted by Crippen LogP contribution is 2.41. The van der Waals surface area contributed by atoms with Crippen LogP contribution in [-0.4, -0.2) is 29.8 Å². The van der Waals surface area contributed by atoms with Crippen molar-refractivity contribution in [2.75, 3.05) is 18.4 Å². The highest BCUT2D eigenvalue weighted by Gasteiger charge is 2.49. The molecule has 2 fully saturated rings. The third-order valence-corrected chi connectivity index (χ3v) is 5.34. The summed E-state index contributed by atoms with van der Waals surface area (Å²) in [6, 6.07) is 4.15. The number of amides is 2. The Kier molecular flexibility index (Phi) is 4.66. The van der Waals surface area contributed by atoms with E-state index in [4.69, 9.17) is 0 Å². The van der Waals surface area contributed by atoms with Gasteiger partial charge < -0.3 is 10.2 Å². The Hall–Kier alpha value is -1.84. The van der Waals surface area contributed by atoms with E-state index < -0.39 is 0 Å². The first kappa shape index (κ1) is 17.0. The van der Waals surface area contributed by atoms with Crippen LogP contribution in [0.1, 0.15) is 42.9 Å². The normalized spacial score (nSPS) is 26.2. The first-order valence-electron chi connectivity index (χ1n) is 9.04. The average molecular weight is 328 g/mol. The predicted molar refractivity (Wildman–Crippen MR) is 95.9 cm³/mol. The summed E-state index contributed by atoms with van der Waals surface area (Å²) in [5.74, 6) is 0.482. The van der Waals surface area contributed by atoms with Gasteiger partial charge >= 0.3 is 0 Å². The first-order chi connectivity index (χ1) is 11.4. The monoisotopic (exact) mass is 328 g/mol. The maximum Gasteiger partial charge on any atom is 0.228 e. The number of aryl methyl sites for hydroxylation is 3. The maximum atomic E-state index is 12.6. The van der Waals surface area contributed by atoms with E-state index in [1.165, 1.54) is 12.0 Å². The first-order valence-corrected chi connectivity index (χ1v) is 9.04. The number of rotatable bonds is 3. The molecule has 1 aromatic carbocycles. The van der Waals surface area contributed by atoms with E-state index in [1.807, 2.05) is 18.7 Å². The molecular formula is C20H28N2O2. The van der Waals surface area contributed by atoms with Crippen molar-refractivity contribution in [3.8, 4) is 0 Å². The number of piperidine rings is 1. The lowest BCUT2D eigenvalue weighted by Gasteiger charge is -2.31. The highest BCUT2D eigenvalue weighted by atomic mass is 16.2. The van der Waals surface area contributed by atoms with Crippen LogP contribution < -0.4 is 5.32 Å². The number of carbonyl (C=O) groups excluding carboxylic acids is 2. The number of benzene rings is 1. The van der Waals surface area contributed by atoms with Crippen LogP contribution in [-0.2, 0) is 9.59 Å². The zero-order valence-corrected chi connectivity index (χ0v) is 15.2. The Labute approximate surface area is 144 Å². The molecule has 1 saturated heterocycles. The van der Waals surface area contributed by atoms with Crippen molar-refractivity contribution in [1.82, 2.24) is 4.90 Å². The SMILES string of the molecule is Cc1cc(C)c(NC(=O)C2CC2C(=O)N2CCCC(C)C2)c(C)c1. The fourth-order valence-electron chi connectivity index (χ4n) is 3.97. The molecule has 24 heavy (non-hydrogen) atoms. The standard InChI is InChI=1S/C20H28N2O2/c1-12-6-5-7-22(11-12)20(24)17-10-16(17)19(23)21-18-14(3)8-13(2)9-15(18)4/h8-9,12,16-17H,5-7,10-11H2,1-4H3,(H,21,23). The Balaban J connectivity index is 1.61. The van der Waals surface area contributed by atoms with Gasteiger partial charge in [0.1, 0.15) is 0 Å². The van der Waals surface area contributed by atoms with Crippen LogP contribution in [0.25, 0.3) is 0 Å². The lowest BCUT2D eigenvalue weighted by Crippen LogP contribution is -2.40. The molecule has 1 N–H and O–H groups in total. The zero-order valence-electron chi connectivity index (χ0n) is 15.2. The third kappa shape index (κ3) is 3.47. The fourth-order valence-corrected chi connectivity index (χ4v) is 3.97. The van der Waals surface area contributed by atoms with Crippen molar-refractivity contribution < 1.29 is 9.59 Å². The van der Waals surface area contributed by atoms with E-state index in [-0.39, 0.29) is 23.7 Å². The molecule has 1 aromatic rings. The summed E-state index contributed by atoms with van der Waals surface area (Å²) >= 11 is 0. The number of likely N-dealkylation sites (tertiary alicyclic amines) is 1. The minimum absolute atomic E-state index is 0.00605. The molecule has 0 bridgehead atoms. The van der Waals surface area contributed by atoms with Crippen molar-refractivity contribution in [1.29, 1.82) is 0 Å². The molecule has 3 rings (SSSR count). The van der Waals surface area contributed by atoms with E-state index in [2.05, 4.69) is 31.3 Å². The molecule has 3 unspecified atom stereocenters. The second-order valence-electron chi connectivity index (χ2n) is 7.74. The fraction of sp³-hybridized carbons (Fsp3) is 0.600. The van der Waals surface area contributed by atoms with Crippen molar-refractivity contribution in [3.63, 3.8) is 0 Å². The molecule has 2 amide bonds. The molecule has 0 radical (unpaired) electrons. The summed E-state index contributed by atoms with van der Waals surface area (Å²) in [7, 11) is 0. The number of nitrogens with one attached hydrogen (secondary N) is 1. The predicted octanol–water partition coefficient (Wildman–Crippen LogP) is 3.44. The highest BCUT2D eigenvalue weighted by molar-refractivity contribution is 6.00. The third-order valence-electron chi connectivity index (χ3n) is 5.34. The Morgan fingerprint density at radius 3 is 2.42 bits per heavy atom. The van der Waals surface area contributed by atoms with Gasteiger partial charge in [0.25, 0.3) is 0 Å². The summed E-state index contributed by atoms with van der Waals surface area (Å²) in [5, 5.41) is 3.05. The summed E-state index contributed by atoms with van der Waals surface area (Å²) in [6.45, 7) is 9.98. The van der Waals surface area contributed by atoms with Crippen molar-refractivity contribution >= 4 is 17.5 Å².